The van der Waals surface area contributed by atoms with Crippen LogP contribution in [-0.2, 0) is 14.1 Å². The Labute approximate surface area is 104 Å². The molecule has 0 bridgehead atoms. The molecule has 1 aromatic rings. The van der Waals surface area contributed by atoms with E-state index in [9.17, 15) is 9.59 Å². The first-order valence-corrected chi connectivity index (χ1v) is 5.90. The van der Waals surface area contributed by atoms with Gasteiger partial charge in [-0.05, 0) is 19.9 Å². The summed E-state index contributed by atoms with van der Waals surface area (Å²) in [6.45, 7) is 4.12. The van der Waals surface area contributed by atoms with Crippen LogP contribution in [0.15, 0.2) is 21.7 Å². The highest BCUT2D eigenvalue weighted by molar-refractivity contribution is 5.75. The second-order valence-corrected chi connectivity index (χ2v) is 5.38. The number of nitrogens with zero attached hydrogens (tertiary/aromatic N) is 3. The molecule has 6 nitrogen and oxygen atoms in total. The Hall–Kier alpha value is -1.98. The molecule has 2 aliphatic heterocycles. The topological polar surface area (TPSA) is 59.3 Å². The minimum absolute atomic E-state index is 0.0456. The smallest absolute Gasteiger partial charge is 0.332 e. The highest BCUT2D eigenvalue weighted by Crippen LogP contribution is 2.40. The SMILES string of the molecule is Cn1c2c(c(=O)n(C)c1=O)NC1C=CC(C)(C)N21. The number of aromatic nitrogens is 2. The third-order valence-electron chi connectivity index (χ3n) is 3.74. The molecule has 0 spiro atoms. The maximum atomic E-state index is 12.1. The summed E-state index contributed by atoms with van der Waals surface area (Å²) in [5.74, 6) is 0.670. The van der Waals surface area contributed by atoms with Gasteiger partial charge >= 0.3 is 5.69 Å². The molecular formula is C12H16N4O2. The molecule has 0 aliphatic carbocycles. The highest BCUT2D eigenvalue weighted by Gasteiger charge is 2.43. The summed E-state index contributed by atoms with van der Waals surface area (Å²) in [5, 5.41) is 3.18. The van der Waals surface area contributed by atoms with E-state index in [1.165, 1.54) is 11.6 Å². The number of rotatable bonds is 0. The molecule has 0 amide bonds. The van der Waals surface area contributed by atoms with Gasteiger partial charge in [0.2, 0.25) is 0 Å². The van der Waals surface area contributed by atoms with Gasteiger partial charge in [0, 0.05) is 14.1 Å². The predicted octanol–water partition coefficient (Wildman–Crippen LogP) is -0.00960. The van der Waals surface area contributed by atoms with Gasteiger partial charge in [0.25, 0.3) is 5.56 Å². The Kier molecular flexibility index (Phi) is 1.90. The van der Waals surface area contributed by atoms with E-state index in [4.69, 9.17) is 0 Å². The lowest BCUT2D eigenvalue weighted by Gasteiger charge is -2.33. The first-order valence-electron chi connectivity index (χ1n) is 5.90. The summed E-state index contributed by atoms with van der Waals surface area (Å²) in [6, 6.07) is 0. The van der Waals surface area contributed by atoms with Crippen LogP contribution in [0.1, 0.15) is 13.8 Å². The molecule has 1 N–H and O–H groups in total. The molecule has 2 aliphatic rings. The Morgan fingerprint density at radius 3 is 2.56 bits per heavy atom. The zero-order valence-corrected chi connectivity index (χ0v) is 10.9. The summed E-state index contributed by atoms with van der Waals surface area (Å²) in [4.78, 5) is 26.2. The molecule has 0 saturated heterocycles. The van der Waals surface area contributed by atoms with Crippen molar-refractivity contribution in [3.63, 3.8) is 0 Å². The summed E-state index contributed by atoms with van der Waals surface area (Å²) in [5.41, 5.74) is -0.280. The monoisotopic (exact) mass is 248 g/mol. The second-order valence-electron chi connectivity index (χ2n) is 5.38. The molecule has 0 radical (unpaired) electrons. The molecule has 96 valence electrons. The Morgan fingerprint density at radius 1 is 1.22 bits per heavy atom. The quantitative estimate of drug-likeness (QED) is 0.656. The summed E-state index contributed by atoms with van der Waals surface area (Å²) < 4.78 is 2.66. The van der Waals surface area contributed by atoms with E-state index in [1.54, 1.807) is 7.05 Å². The van der Waals surface area contributed by atoms with Crippen molar-refractivity contribution in [3.05, 3.63) is 33.0 Å². The van der Waals surface area contributed by atoms with E-state index in [1.807, 2.05) is 6.08 Å². The van der Waals surface area contributed by atoms with Crippen molar-refractivity contribution in [3.8, 4) is 0 Å². The first kappa shape index (κ1) is 11.1. The normalized spacial score (nSPS) is 22.9. The van der Waals surface area contributed by atoms with Gasteiger partial charge in [0.15, 0.2) is 0 Å². The van der Waals surface area contributed by atoms with Crippen molar-refractivity contribution in [2.45, 2.75) is 25.6 Å². The van der Waals surface area contributed by atoms with Crippen molar-refractivity contribution in [2.24, 2.45) is 14.1 Å². The van der Waals surface area contributed by atoms with Crippen molar-refractivity contribution in [1.82, 2.24) is 9.13 Å². The third-order valence-corrected chi connectivity index (χ3v) is 3.74. The number of anilines is 2. The molecule has 0 fully saturated rings. The number of nitrogens with one attached hydrogen (secondary N) is 1. The van der Waals surface area contributed by atoms with Crippen LogP contribution in [0.5, 0.6) is 0 Å². The van der Waals surface area contributed by atoms with E-state index >= 15 is 0 Å². The Bertz CT molecular complexity index is 681. The van der Waals surface area contributed by atoms with E-state index in [2.05, 4.69) is 30.1 Å². The van der Waals surface area contributed by atoms with E-state index in [-0.39, 0.29) is 23.0 Å². The molecule has 3 heterocycles. The van der Waals surface area contributed by atoms with Crippen LogP contribution >= 0.6 is 0 Å². The lowest BCUT2D eigenvalue weighted by atomic mass is 10.1. The van der Waals surface area contributed by atoms with Crippen molar-refractivity contribution in [2.75, 3.05) is 10.2 Å². The molecular weight excluding hydrogens is 232 g/mol. The van der Waals surface area contributed by atoms with E-state index in [0.29, 0.717) is 11.5 Å². The van der Waals surface area contributed by atoms with Gasteiger partial charge in [-0.15, -0.1) is 0 Å². The summed E-state index contributed by atoms with van der Waals surface area (Å²) in [7, 11) is 3.19. The highest BCUT2D eigenvalue weighted by atomic mass is 16.2. The van der Waals surface area contributed by atoms with Gasteiger partial charge < -0.3 is 10.2 Å². The van der Waals surface area contributed by atoms with Crippen LogP contribution in [-0.4, -0.2) is 20.8 Å². The molecule has 3 rings (SSSR count). The minimum Gasteiger partial charge on any atom is -0.354 e. The van der Waals surface area contributed by atoms with Crippen LogP contribution < -0.4 is 21.5 Å². The zero-order valence-electron chi connectivity index (χ0n) is 10.9. The van der Waals surface area contributed by atoms with E-state index < -0.39 is 0 Å². The standard InChI is InChI=1S/C12H16N4O2/c1-12(2)6-5-7-13-8-9(16(7)12)14(3)11(18)15(4)10(8)17/h5-7,13H,1-4H3. The molecule has 18 heavy (non-hydrogen) atoms. The number of hydrogen-bond donors (Lipinski definition) is 1. The largest absolute Gasteiger partial charge is 0.354 e. The van der Waals surface area contributed by atoms with Gasteiger partial charge in [-0.2, -0.15) is 0 Å². The molecule has 0 saturated carbocycles. The summed E-state index contributed by atoms with van der Waals surface area (Å²) in [6.07, 6.45) is 4.05. The maximum absolute atomic E-state index is 12.1. The fourth-order valence-corrected chi connectivity index (χ4v) is 2.76. The maximum Gasteiger partial charge on any atom is 0.332 e. The van der Waals surface area contributed by atoms with Crippen LogP contribution in [0.2, 0.25) is 0 Å². The van der Waals surface area contributed by atoms with Crippen LogP contribution in [0.4, 0.5) is 11.5 Å². The zero-order chi connectivity index (χ0) is 13.2. The molecule has 6 heteroatoms. The van der Waals surface area contributed by atoms with Gasteiger partial charge in [0.05, 0.1) is 5.54 Å². The average molecular weight is 248 g/mol. The lowest BCUT2D eigenvalue weighted by Crippen LogP contribution is -2.46. The first-order chi connectivity index (χ1) is 8.34. The number of hydrogen-bond acceptors (Lipinski definition) is 4. The average Bonchev–Trinajstić information content (AvgIpc) is 2.83. The van der Waals surface area contributed by atoms with Crippen molar-refractivity contribution < 1.29 is 0 Å². The Balaban J connectivity index is 2.36. The Morgan fingerprint density at radius 2 is 1.89 bits per heavy atom. The minimum atomic E-state index is -0.302. The van der Waals surface area contributed by atoms with E-state index in [0.717, 1.165) is 4.57 Å². The van der Waals surface area contributed by atoms with Crippen molar-refractivity contribution in [1.29, 1.82) is 0 Å². The lowest BCUT2D eigenvalue weighted by molar-refractivity contribution is 0.563. The molecule has 1 unspecified atom stereocenters. The van der Waals surface area contributed by atoms with Gasteiger partial charge in [-0.3, -0.25) is 13.9 Å². The molecule has 0 aromatic carbocycles. The van der Waals surface area contributed by atoms with Crippen LogP contribution in [0.3, 0.4) is 0 Å². The third kappa shape index (κ3) is 1.12. The summed E-state index contributed by atoms with van der Waals surface area (Å²) >= 11 is 0. The fraction of sp³-hybridized carbons (Fsp3) is 0.500. The van der Waals surface area contributed by atoms with Gasteiger partial charge in [-0.1, -0.05) is 6.08 Å². The second kappa shape index (κ2) is 3.07. The predicted molar refractivity (Wildman–Crippen MR) is 70.0 cm³/mol. The van der Waals surface area contributed by atoms with Crippen LogP contribution in [0.25, 0.3) is 0 Å². The van der Waals surface area contributed by atoms with Crippen LogP contribution in [0, 0.1) is 0 Å². The molecule has 1 atom stereocenters. The molecule has 1 aromatic heterocycles. The van der Waals surface area contributed by atoms with Gasteiger partial charge in [0.1, 0.15) is 17.7 Å². The van der Waals surface area contributed by atoms with Crippen molar-refractivity contribution >= 4 is 11.5 Å². The van der Waals surface area contributed by atoms with Gasteiger partial charge in [-0.25, -0.2) is 4.79 Å². The fourth-order valence-electron chi connectivity index (χ4n) is 2.76. The number of fused-ring (bicyclic) bond motifs is 3.